The lowest BCUT2D eigenvalue weighted by atomic mass is 10.0. The van der Waals surface area contributed by atoms with Crippen molar-refractivity contribution in [2.75, 3.05) is 67.8 Å². The van der Waals surface area contributed by atoms with E-state index in [2.05, 4.69) is 38.4 Å². The summed E-state index contributed by atoms with van der Waals surface area (Å²) in [7, 11) is 3.94. The molecule has 0 saturated heterocycles. The highest BCUT2D eigenvalue weighted by atomic mass is 31.2. The van der Waals surface area contributed by atoms with Gasteiger partial charge in [-0.25, -0.2) is 9.35 Å². The number of methoxy groups -OCH3 is 4. The number of nitriles is 1. The van der Waals surface area contributed by atoms with E-state index in [0.29, 0.717) is 32.7 Å². The third-order valence-electron chi connectivity index (χ3n) is 9.50. The second kappa shape index (κ2) is 27.2. The maximum atomic E-state index is 12.2. The van der Waals surface area contributed by atoms with Gasteiger partial charge in [-0.1, -0.05) is 43.2 Å². The molecule has 1 heterocycles. The van der Waals surface area contributed by atoms with Crippen molar-refractivity contribution in [2.24, 2.45) is 0 Å². The van der Waals surface area contributed by atoms with Crippen LogP contribution in [0.4, 0.5) is 0 Å². The molecule has 0 bridgehead atoms. The maximum absolute atomic E-state index is 12.2. The molecule has 0 aliphatic heterocycles. The van der Waals surface area contributed by atoms with Gasteiger partial charge in [-0.3, -0.25) is 29.0 Å². The summed E-state index contributed by atoms with van der Waals surface area (Å²) in [6.07, 6.45) is 6.78. The Kier molecular flexibility index (Phi) is 22.6. The Morgan fingerprint density at radius 2 is 1.21 bits per heavy atom. The van der Waals surface area contributed by atoms with Crippen LogP contribution in [0.3, 0.4) is 0 Å². The summed E-state index contributed by atoms with van der Waals surface area (Å²) in [6.45, 7) is 9.62. The average molecular weight is 867 g/mol. The first-order valence-corrected chi connectivity index (χ1v) is 21.7. The van der Waals surface area contributed by atoms with Gasteiger partial charge >= 0.3 is 23.9 Å². The van der Waals surface area contributed by atoms with Crippen LogP contribution < -0.4 is 0 Å². The van der Waals surface area contributed by atoms with Crippen molar-refractivity contribution in [1.29, 1.82) is 5.26 Å². The molecule has 0 spiro atoms. The summed E-state index contributed by atoms with van der Waals surface area (Å²) in [6, 6.07) is 18.2. The SMILES string of the molecule is COC(=O)CN(CC(=O)OC)Cc1cccc(-c2nn(-c3cccc(CN(CC(=O)OC)CC(=O)OC)c3)cc2CCCCCCOP(OCCC#N)N(C(C)C)C(C)C)c1. The Morgan fingerprint density at radius 3 is 1.74 bits per heavy atom. The van der Waals surface area contributed by atoms with E-state index in [4.69, 9.17) is 38.4 Å². The zero-order valence-electron chi connectivity index (χ0n) is 37.0. The molecule has 3 rings (SSSR count). The molecule has 0 aliphatic rings. The molecule has 1 unspecified atom stereocenters. The van der Waals surface area contributed by atoms with Crippen molar-refractivity contribution in [1.82, 2.24) is 24.3 Å². The van der Waals surface area contributed by atoms with Crippen LogP contribution in [0.1, 0.15) is 76.5 Å². The van der Waals surface area contributed by atoms with Crippen LogP contribution in [0.15, 0.2) is 54.7 Å². The number of hydrogen-bond acceptors (Lipinski definition) is 15. The van der Waals surface area contributed by atoms with E-state index in [1.165, 1.54) is 28.4 Å². The summed E-state index contributed by atoms with van der Waals surface area (Å²) >= 11 is 0. The lowest BCUT2D eigenvalue weighted by Crippen LogP contribution is -2.35. The zero-order chi connectivity index (χ0) is 44.7. The first kappa shape index (κ1) is 50.6. The number of carbonyl (C=O) groups is 4. The lowest BCUT2D eigenvalue weighted by Gasteiger charge is -2.35. The predicted octanol–water partition coefficient (Wildman–Crippen LogP) is 6.23. The molecule has 16 nitrogen and oxygen atoms in total. The van der Waals surface area contributed by atoms with Gasteiger partial charge in [0.05, 0.1) is 91.7 Å². The minimum atomic E-state index is -1.28. The minimum absolute atomic E-state index is 0.0859. The van der Waals surface area contributed by atoms with Gasteiger partial charge < -0.3 is 28.0 Å². The molecule has 61 heavy (non-hydrogen) atoms. The predicted molar refractivity (Wildman–Crippen MR) is 231 cm³/mol. The summed E-state index contributed by atoms with van der Waals surface area (Å²) in [5.74, 6) is -1.87. The summed E-state index contributed by atoms with van der Waals surface area (Å²) in [5, 5.41) is 14.1. The number of aromatic nitrogens is 2. The Bertz CT molecular complexity index is 1840. The number of carbonyl (C=O) groups excluding carboxylic acids is 4. The van der Waals surface area contributed by atoms with Gasteiger partial charge in [0.2, 0.25) is 0 Å². The van der Waals surface area contributed by atoms with Gasteiger partial charge in [-0.15, -0.1) is 0 Å². The van der Waals surface area contributed by atoms with E-state index in [0.717, 1.165) is 65.7 Å². The molecule has 334 valence electrons. The minimum Gasteiger partial charge on any atom is -0.468 e. The monoisotopic (exact) mass is 866 g/mol. The van der Waals surface area contributed by atoms with E-state index in [1.54, 1.807) is 9.80 Å². The molecule has 0 N–H and O–H groups in total. The Hall–Kier alpha value is -4.75. The van der Waals surface area contributed by atoms with Gasteiger partial charge in [-0.05, 0) is 81.8 Å². The quantitative estimate of drug-likeness (QED) is 0.0347. The third-order valence-corrected chi connectivity index (χ3v) is 11.6. The van der Waals surface area contributed by atoms with Crippen LogP contribution in [0.5, 0.6) is 0 Å². The molecular weight excluding hydrogens is 803 g/mol. The molecule has 17 heteroatoms. The number of hydrogen-bond donors (Lipinski definition) is 0. The fourth-order valence-corrected chi connectivity index (χ4v) is 8.28. The zero-order valence-corrected chi connectivity index (χ0v) is 37.9. The van der Waals surface area contributed by atoms with Gasteiger partial charge in [0, 0.05) is 36.9 Å². The third kappa shape index (κ3) is 17.6. The van der Waals surface area contributed by atoms with E-state index in [1.807, 2.05) is 59.4 Å². The van der Waals surface area contributed by atoms with Crippen molar-refractivity contribution < 1.29 is 47.2 Å². The normalized spacial score (nSPS) is 11.9. The fraction of sp³-hybridized carbons (Fsp3) is 0.545. The van der Waals surface area contributed by atoms with Gasteiger partial charge in [-0.2, -0.15) is 10.4 Å². The van der Waals surface area contributed by atoms with Crippen LogP contribution >= 0.6 is 8.53 Å². The first-order chi connectivity index (χ1) is 29.3. The topological polar surface area (TPSA) is 175 Å². The second-order valence-electron chi connectivity index (χ2n) is 15.0. The Balaban J connectivity index is 1.86. The standard InChI is InChI=1S/C44H63N6O10P/c1-33(2)50(34(3)4)61(60-23-15-21-45)59-22-12-10-9-11-18-38-28-49(39-20-14-17-36(25-39)27-48(31-42(53)57-7)32-43(54)58-8)46-44(38)37-19-13-16-35(24-37)26-47(29-40(51)55-5)30-41(52)56-6/h13-14,16-17,19-20,24-25,28,33-34H,9-12,15,18,22-23,26-27,29-32H2,1-8H3. The van der Waals surface area contributed by atoms with Crippen molar-refractivity contribution in [3.05, 3.63) is 71.4 Å². The lowest BCUT2D eigenvalue weighted by molar-refractivity contribution is -0.147. The first-order valence-electron chi connectivity index (χ1n) is 20.5. The molecular formula is C44H63N6O10P. The van der Waals surface area contributed by atoms with Gasteiger partial charge in [0.25, 0.3) is 8.53 Å². The highest BCUT2D eigenvalue weighted by molar-refractivity contribution is 7.44. The number of unbranched alkanes of at least 4 members (excludes halogenated alkanes) is 3. The van der Waals surface area contributed by atoms with E-state index >= 15 is 0 Å². The van der Waals surface area contributed by atoms with Crippen LogP contribution in [0.2, 0.25) is 0 Å². The largest absolute Gasteiger partial charge is 0.468 e. The molecule has 0 fully saturated rings. The molecule has 3 aromatic rings. The van der Waals surface area contributed by atoms with Crippen LogP contribution in [0.25, 0.3) is 16.9 Å². The number of esters is 4. The van der Waals surface area contributed by atoms with E-state index in [9.17, 15) is 19.2 Å². The van der Waals surface area contributed by atoms with Gasteiger partial charge in [0.15, 0.2) is 0 Å². The highest BCUT2D eigenvalue weighted by Gasteiger charge is 2.27. The average Bonchev–Trinajstić information content (AvgIpc) is 3.67. The Labute approximate surface area is 361 Å². The van der Waals surface area contributed by atoms with Crippen molar-refractivity contribution in [3.63, 3.8) is 0 Å². The van der Waals surface area contributed by atoms with E-state index < -0.39 is 32.4 Å². The molecule has 1 aromatic heterocycles. The molecule has 0 saturated carbocycles. The summed E-state index contributed by atoms with van der Waals surface area (Å²) < 4.78 is 35.8. The smallest absolute Gasteiger partial charge is 0.319 e. The molecule has 1 atom stereocenters. The van der Waals surface area contributed by atoms with Gasteiger partial charge in [0.1, 0.15) is 0 Å². The molecule has 2 aromatic carbocycles. The fourth-order valence-electron chi connectivity index (χ4n) is 6.65. The molecule has 0 amide bonds. The highest BCUT2D eigenvalue weighted by Crippen LogP contribution is 2.46. The van der Waals surface area contributed by atoms with E-state index in [-0.39, 0.29) is 38.3 Å². The second-order valence-corrected chi connectivity index (χ2v) is 16.4. The van der Waals surface area contributed by atoms with Crippen LogP contribution in [0, 0.1) is 11.3 Å². The summed E-state index contributed by atoms with van der Waals surface area (Å²) in [5.41, 5.74) is 5.23. The molecule has 0 aliphatic carbocycles. The number of ether oxygens (including phenoxy) is 4. The number of nitrogens with zero attached hydrogens (tertiary/aromatic N) is 6. The van der Waals surface area contributed by atoms with Crippen LogP contribution in [-0.4, -0.2) is 128 Å². The molecule has 0 radical (unpaired) electrons. The Morgan fingerprint density at radius 1 is 0.705 bits per heavy atom. The summed E-state index contributed by atoms with van der Waals surface area (Å²) in [4.78, 5) is 52.0. The van der Waals surface area contributed by atoms with Crippen molar-refractivity contribution in [3.8, 4) is 23.0 Å². The van der Waals surface area contributed by atoms with Crippen molar-refractivity contribution in [2.45, 2.75) is 91.4 Å². The van der Waals surface area contributed by atoms with Crippen LogP contribution in [-0.2, 0) is 66.7 Å². The number of rotatable bonds is 28. The number of aryl methyl sites for hydroxylation is 1. The maximum Gasteiger partial charge on any atom is 0.319 e. The van der Waals surface area contributed by atoms with Crippen molar-refractivity contribution >= 4 is 32.4 Å². The number of benzene rings is 2.